The number of carbonyl (C=O) groups excluding carboxylic acids is 1. The molecular formula is C49H93NO4. The van der Waals surface area contributed by atoms with Crippen molar-refractivity contribution in [2.45, 2.75) is 263 Å². The summed E-state index contributed by atoms with van der Waals surface area (Å²) < 4.78 is 0. The zero-order valence-electron chi connectivity index (χ0n) is 36.1. The molecule has 0 aliphatic carbocycles. The van der Waals surface area contributed by atoms with Gasteiger partial charge >= 0.3 is 0 Å². The van der Waals surface area contributed by atoms with Crippen molar-refractivity contribution >= 4 is 5.91 Å². The van der Waals surface area contributed by atoms with E-state index in [-0.39, 0.29) is 12.5 Å². The molecular weight excluding hydrogens is 667 g/mol. The van der Waals surface area contributed by atoms with Crippen LogP contribution in [-0.2, 0) is 4.79 Å². The van der Waals surface area contributed by atoms with Crippen molar-refractivity contribution in [3.63, 3.8) is 0 Å². The number of rotatable bonds is 43. The third kappa shape index (κ3) is 38.8. The molecule has 0 bridgehead atoms. The Kier molecular flexibility index (Phi) is 43.1. The summed E-state index contributed by atoms with van der Waals surface area (Å²) in [6.45, 7) is 4.17. The average Bonchev–Trinajstić information content (AvgIpc) is 3.18. The molecule has 0 aromatic rings. The Hall–Kier alpha value is -1.43. The van der Waals surface area contributed by atoms with Gasteiger partial charge in [0.15, 0.2) is 0 Å². The smallest absolute Gasteiger partial charge is 0.220 e. The van der Waals surface area contributed by atoms with Crippen molar-refractivity contribution in [3.05, 3.63) is 36.5 Å². The van der Waals surface area contributed by atoms with E-state index in [0.717, 1.165) is 44.9 Å². The summed E-state index contributed by atoms with van der Waals surface area (Å²) in [6, 6.07) is -0.834. The molecule has 0 fully saturated rings. The van der Waals surface area contributed by atoms with Crippen LogP contribution < -0.4 is 5.32 Å². The molecule has 0 aromatic heterocycles. The first-order valence-electron chi connectivity index (χ1n) is 23.8. The van der Waals surface area contributed by atoms with Gasteiger partial charge < -0.3 is 20.6 Å². The lowest BCUT2D eigenvalue weighted by Gasteiger charge is -2.26. The molecule has 54 heavy (non-hydrogen) atoms. The van der Waals surface area contributed by atoms with Crippen LogP contribution in [0.1, 0.15) is 245 Å². The summed E-state index contributed by atoms with van der Waals surface area (Å²) in [6.07, 6.45) is 55.5. The highest BCUT2D eigenvalue weighted by molar-refractivity contribution is 5.76. The van der Waals surface area contributed by atoms with E-state index in [1.165, 1.54) is 173 Å². The molecule has 0 rings (SSSR count). The summed E-state index contributed by atoms with van der Waals surface area (Å²) >= 11 is 0. The summed E-state index contributed by atoms with van der Waals surface area (Å²) in [5.74, 6) is -0.162. The second kappa shape index (κ2) is 44.3. The predicted molar refractivity (Wildman–Crippen MR) is 236 cm³/mol. The lowest BCUT2D eigenvalue weighted by atomic mass is 10.0. The number of allylic oxidation sites excluding steroid dienone is 6. The highest BCUT2D eigenvalue weighted by atomic mass is 16.3. The van der Waals surface area contributed by atoms with Crippen LogP contribution in [0.3, 0.4) is 0 Å². The molecule has 0 saturated carbocycles. The number of hydrogen-bond donors (Lipinski definition) is 4. The number of hydrogen-bond acceptors (Lipinski definition) is 4. The first-order valence-corrected chi connectivity index (χ1v) is 23.8. The minimum absolute atomic E-state index is 0.162. The van der Waals surface area contributed by atoms with Gasteiger partial charge in [0.25, 0.3) is 0 Å². The van der Waals surface area contributed by atoms with Gasteiger partial charge in [-0.15, -0.1) is 0 Å². The lowest BCUT2D eigenvalue weighted by molar-refractivity contribution is -0.124. The highest BCUT2D eigenvalue weighted by Crippen LogP contribution is 2.15. The minimum Gasteiger partial charge on any atom is -0.394 e. The number of aliphatic hydroxyl groups is 3. The summed E-state index contributed by atoms with van der Waals surface area (Å²) in [4.78, 5) is 12.4. The van der Waals surface area contributed by atoms with Crippen LogP contribution in [-0.4, -0.2) is 46.1 Å². The largest absolute Gasteiger partial charge is 0.394 e. The van der Waals surface area contributed by atoms with Gasteiger partial charge in [-0.25, -0.2) is 0 Å². The number of aliphatic hydroxyl groups excluding tert-OH is 3. The Morgan fingerprint density at radius 3 is 1.13 bits per heavy atom. The van der Waals surface area contributed by atoms with Gasteiger partial charge in [0.1, 0.15) is 6.10 Å². The van der Waals surface area contributed by atoms with Crippen molar-refractivity contribution in [2.24, 2.45) is 0 Å². The molecule has 1 amide bonds. The summed E-state index contributed by atoms with van der Waals surface area (Å²) in [5.41, 5.74) is 0. The zero-order chi connectivity index (χ0) is 39.4. The van der Waals surface area contributed by atoms with Gasteiger partial charge in [0.05, 0.1) is 18.8 Å². The molecule has 0 aliphatic rings. The molecule has 3 atom stereocenters. The molecule has 318 valence electrons. The molecule has 0 spiro atoms. The van der Waals surface area contributed by atoms with E-state index >= 15 is 0 Å². The van der Waals surface area contributed by atoms with Crippen molar-refractivity contribution in [1.82, 2.24) is 5.32 Å². The van der Waals surface area contributed by atoms with Crippen LogP contribution >= 0.6 is 0 Å². The molecule has 0 aromatic carbocycles. The van der Waals surface area contributed by atoms with Gasteiger partial charge in [0.2, 0.25) is 5.91 Å². The Bertz CT molecular complexity index is 840. The molecule has 0 radical (unpaired) electrons. The maximum absolute atomic E-state index is 12.4. The Morgan fingerprint density at radius 2 is 0.759 bits per heavy atom. The third-order valence-corrected chi connectivity index (χ3v) is 10.9. The van der Waals surface area contributed by atoms with Crippen LogP contribution in [0.5, 0.6) is 0 Å². The second-order valence-corrected chi connectivity index (χ2v) is 16.3. The van der Waals surface area contributed by atoms with Crippen LogP contribution in [0.25, 0.3) is 0 Å². The summed E-state index contributed by atoms with van der Waals surface area (Å²) in [5, 5.41) is 33.6. The minimum atomic E-state index is -1.17. The fourth-order valence-corrected chi connectivity index (χ4v) is 7.23. The van der Waals surface area contributed by atoms with Crippen LogP contribution in [0.4, 0.5) is 0 Å². The maximum atomic E-state index is 12.4. The van der Waals surface area contributed by atoms with E-state index in [1.807, 2.05) is 0 Å². The topological polar surface area (TPSA) is 89.8 Å². The van der Waals surface area contributed by atoms with E-state index in [2.05, 4.69) is 55.6 Å². The molecule has 0 saturated heterocycles. The normalized spacial score (nSPS) is 13.8. The van der Waals surface area contributed by atoms with Crippen LogP contribution in [0, 0.1) is 0 Å². The highest BCUT2D eigenvalue weighted by Gasteiger charge is 2.26. The quantitative estimate of drug-likeness (QED) is 0.0368. The van der Waals surface area contributed by atoms with Crippen molar-refractivity contribution in [1.29, 1.82) is 0 Å². The number of unbranched alkanes of at least 4 members (excludes halogenated alkanes) is 29. The van der Waals surface area contributed by atoms with Crippen molar-refractivity contribution in [3.8, 4) is 0 Å². The molecule has 4 N–H and O–H groups in total. The zero-order valence-corrected chi connectivity index (χ0v) is 36.1. The summed E-state index contributed by atoms with van der Waals surface area (Å²) in [7, 11) is 0. The standard InChI is InChI=1S/C49H93NO4/c1-3-5-7-9-11-13-15-17-19-21-23-24-26-28-30-32-34-36-38-40-42-44-48(53)50-46(45-51)49(54)47(52)43-41-39-37-35-33-31-29-27-25-22-20-18-16-14-12-10-8-6-4-2/h24,26-27,29,35,37,46-47,49,51-52,54H,3-23,25,28,30-34,36,38-45H2,1-2H3,(H,50,53)/b26-24-,29-27+,37-35+. The van der Waals surface area contributed by atoms with Gasteiger partial charge in [0, 0.05) is 6.42 Å². The SMILES string of the molecule is CCCCCCCCCCCC/C=C\CCCCCCCCCC(=O)NC(CO)C(O)C(O)CCC/C=C/CC/C=C/CCCCCCCCCCCC. The number of carbonyl (C=O) groups is 1. The predicted octanol–water partition coefficient (Wildman–Crippen LogP) is 13.9. The number of nitrogens with one attached hydrogen (secondary N) is 1. The first-order chi connectivity index (χ1) is 26.6. The monoisotopic (exact) mass is 760 g/mol. The number of amides is 1. The molecule has 0 heterocycles. The Balaban J connectivity index is 3.67. The second-order valence-electron chi connectivity index (χ2n) is 16.3. The fraction of sp³-hybridized carbons (Fsp3) is 0.857. The van der Waals surface area contributed by atoms with Gasteiger partial charge in [-0.2, -0.15) is 0 Å². The third-order valence-electron chi connectivity index (χ3n) is 10.9. The Labute approximate surface area is 336 Å². The van der Waals surface area contributed by atoms with E-state index in [4.69, 9.17) is 0 Å². The average molecular weight is 760 g/mol. The van der Waals surface area contributed by atoms with E-state index in [9.17, 15) is 20.1 Å². The van der Waals surface area contributed by atoms with Crippen molar-refractivity contribution < 1.29 is 20.1 Å². The molecule has 5 heteroatoms. The van der Waals surface area contributed by atoms with Crippen LogP contribution in [0.2, 0.25) is 0 Å². The lowest BCUT2D eigenvalue weighted by Crippen LogP contribution is -2.50. The van der Waals surface area contributed by atoms with Crippen LogP contribution in [0.15, 0.2) is 36.5 Å². The van der Waals surface area contributed by atoms with E-state index < -0.39 is 18.2 Å². The van der Waals surface area contributed by atoms with E-state index in [0.29, 0.717) is 12.8 Å². The van der Waals surface area contributed by atoms with Crippen molar-refractivity contribution in [2.75, 3.05) is 6.61 Å². The maximum Gasteiger partial charge on any atom is 0.220 e. The molecule has 3 unspecified atom stereocenters. The molecule has 5 nitrogen and oxygen atoms in total. The molecule has 0 aliphatic heterocycles. The van der Waals surface area contributed by atoms with E-state index in [1.54, 1.807) is 0 Å². The first kappa shape index (κ1) is 52.6. The Morgan fingerprint density at radius 1 is 0.444 bits per heavy atom. The van der Waals surface area contributed by atoms with Gasteiger partial charge in [-0.1, -0.05) is 198 Å². The fourth-order valence-electron chi connectivity index (χ4n) is 7.23. The van der Waals surface area contributed by atoms with Gasteiger partial charge in [-0.3, -0.25) is 4.79 Å². The van der Waals surface area contributed by atoms with Gasteiger partial charge in [-0.05, 0) is 77.0 Å².